The van der Waals surface area contributed by atoms with E-state index in [0.717, 1.165) is 0 Å². The van der Waals surface area contributed by atoms with E-state index in [1.54, 1.807) is 25.2 Å². The van der Waals surface area contributed by atoms with E-state index in [9.17, 15) is 9.18 Å². The molecule has 0 aliphatic rings. The molecular weight excluding hydrogens is 247 g/mol. The summed E-state index contributed by atoms with van der Waals surface area (Å²) >= 11 is 0. The van der Waals surface area contributed by atoms with Crippen LogP contribution in [0.4, 0.5) is 4.39 Å². The number of amides is 1. The number of hydrogen-bond donors (Lipinski definition) is 1. The minimum Gasteiger partial charge on any atom is -0.395 e. The molecule has 0 saturated heterocycles. The number of aliphatic hydroxyl groups is 1. The fourth-order valence-corrected chi connectivity index (χ4v) is 1.77. The van der Waals surface area contributed by atoms with Gasteiger partial charge in [-0.15, -0.1) is 0 Å². The number of aliphatic hydroxyl groups excluding tert-OH is 1. The van der Waals surface area contributed by atoms with Crippen molar-refractivity contribution in [2.75, 3.05) is 33.3 Å². The van der Waals surface area contributed by atoms with E-state index < -0.39 is 0 Å². The van der Waals surface area contributed by atoms with Gasteiger partial charge in [-0.1, -0.05) is 25.1 Å². The average Bonchev–Trinajstić information content (AvgIpc) is 2.40. The lowest BCUT2D eigenvalue weighted by Gasteiger charge is -2.23. The maximum absolute atomic E-state index is 13.5. The molecule has 0 fully saturated rings. The van der Waals surface area contributed by atoms with Crippen molar-refractivity contribution < 1.29 is 14.3 Å². The third kappa shape index (κ3) is 4.96. The molecule has 1 N–H and O–H groups in total. The summed E-state index contributed by atoms with van der Waals surface area (Å²) in [7, 11) is 1.65. The molecule has 0 saturated carbocycles. The largest absolute Gasteiger partial charge is 0.395 e. The normalized spacial score (nSPS) is 10.8. The van der Waals surface area contributed by atoms with E-state index in [4.69, 9.17) is 5.11 Å². The van der Waals surface area contributed by atoms with Gasteiger partial charge in [0.1, 0.15) is 5.82 Å². The molecular formula is C14H21FN2O2. The topological polar surface area (TPSA) is 43.8 Å². The smallest absolute Gasteiger partial charge is 0.236 e. The Hall–Kier alpha value is -1.46. The molecule has 106 valence electrons. The Morgan fingerprint density at radius 2 is 2.05 bits per heavy atom. The molecule has 0 heterocycles. The van der Waals surface area contributed by atoms with Crippen LogP contribution in [0.1, 0.15) is 12.5 Å². The summed E-state index contributed by atoms with van der Waals surface area (Å²) in [4.78, 5) is 15.3. The summed E-state index contributed by atoms with van der Waals surface area (Å²) in [5.74, 6) is -0.386. The summed E-state index contributed by atoms with van der Waals surface area (Å²) in [5, 5.41) is 8.87. The Morgan fingerprint density at radius 3 is 2.63 bits per heavy atom. The van der Waals surface area contributed by atoms with Crippen LogP contribution < -0.4 is 0 Å². The predicted molar refractivity (Wildman–Crippen MR) is 72.1 cm³/mol. The van der Waals surface area contributed by atoms with Crippen LogP contribution >= 0.6 is 0 Å². The molecule has 1 amide bonds. The molecule has 4 nitrogen and oxygen atoms in total. The number of carbonyl (C=O) groups excluding carboxylic acids is 1. The third-order valence-corrected chi connectivity index (χ3v) is 3.01. The zero-order valence-electron chi connectivity index (χ0n) is 11.5. The van der Waals surface area contributed by atoms with Gasteiger partial charge in [-0.25, -0.2) is 4.39 Å². The highest BCUT2D eigenvalue weighted by atomic mass is 19.1. The number of nitrogens with zero attached hydrogens (tertiary/aromatic N) is 2. The molecule has 0 atom stereocenters. The Kier molecular flexibility index (Phi) is 6.45. The lowest BCUT2D eigenvalue weighted by atomic mass is 10.2. The van der Waals surface area contributed by atoms with Gasteiger partial charge in [0.25, 0.3) is 0 Å². The molecule has 0 bridgehead atoms. The number of halogens is 1. The zero-order valence-corrected chi connectivity index (χ0v) is 11.5. The standard InChI is InChI=1S/C14H21FN2O2/c1-3-17(8-9-18)11-14(19)16(2)10-12-6-4-5-7-13(12)15/h4-7,18H,3,8-11H2,1-2H3. The van der Waals surface area contributed by atoms with E-state index in [-0.39, 0.29) is 31.4 Å². The lowest BCUT2D eigenvalue weighted by molar-refractivity contribution is -0.131. The Balaban J connectivity index is 2.55. The molecule has 1 aromatic rings. The summed E-state index contributed by atoms with van der Waals surface area (Å²) < 4.78 is 13.5. The van der Waals surface area contributed by atoms with Crippen molar-refractivity contribution in [3.63, 3.8) is 0 Å². The van der Waals surface area contributed by atoms with Crippen molar-refractivity contribution in [2.24, 2.45) is 0 Å². The fourth-order valence-electron chi connectivity index (χ4n) is 1.77. The van der Waals surface area contributed by atoms with Gasteiger partial charge in [0.05, 0.1) is 13.2 Å². The molecule has 19 heavy (non-hydrogen) atoms. The van der Waals surface area contributed by atoms with E-state index in [2.05, 4.69) is 0 Å². The summed E-state index contributed by atoms with van der Waals surface area (Å²) in [6.07, 6.45) is 0. The third-order valence-electron chi connectivity index (χ3n) is 3.01. The molecule has 0 radical (unpaired) electrons. The molecule has 0 aliphatic carbocycles. The molecule has 1 rings (SSSR count). The van der Waals surface area contributed by atoms with Crippen LogP contribution in [-0.2, 0) is 11.3 Å². The first-order chi connectivity index (χ1) is 9.08. The van der Waals surface area contributed by atoms with Crippen molar-refractivity contribution >= 4 is 5.91 Å². The van der Waals surface area contributed by atoms with E-state index >= 15 is 0 Å². The van der Waals surface area contributed by atoms with Crippen molar-refractivity contribution in [1.82, 2.24) is 9.80 Å². The van der Waals surface area contributed by atoms with E-state index in [1.807, 2.05) is 11.8 Å². The van der Waals surface area contributed by atoms with Crippen LogP contribution in [0.5, 0.6) is 0 Å². The number of likely N-dealkylation sites (N-methyl/N-ethyl adjacent to an activating group) is 2. The molecule has 0 aromatic heterocycles. The quantitative estimate of drug-likeness (QED) is 0.805. The van der Waals surface area contributed by atoms with Crippen LogP contribution in [0.2, 0.25) is 0 Å². The highest BCUT2D eigenvalue weighted by Gasteiger charge is 2.14. The molecule has 0 aliphatic heterocycles. The first kappa shape index (κ1) is 15.6. The second-order valence-electron chi connectivity index (χ2n) is 4.43. The molecule has 0 spiro atoms. The second kappa shape index (κ2) is 7.86. The van der Waals surface area contributed by atoms with Gasteiger partial charge in [0.2, 0.25) is 5.91 Å². The fraction of sp³-hybridized carbons (Fsp3) is 0.500. The van der Waals surface area contributed by atoms with E-state index in [0.29, 0.717) is 18.7 Å². The maximum atomic E-state index is 13.5. The van der Waals surface area contributed by atoms with Crippen LogP contribution in [0.25, 0.3) is 0 Å². The van der Waals surface area contributed by atoms with Crippen LogP contribution in [-0.4, -0.2) is 54.1 Å². The molecule has 5 heteroatoms. The van der Waals surface area contributed by atoms with Crippen LogP contribution in [0, 0.1) is 5.82 Å². The highest BCUT2D eigenvalue weighted by molar-refractivity contribution is 5.78. The summed E-state index contributed by atoms with van der Waals surface area (Å²) in [6, 6.07) is 6.43. The highest BCUT2D eigenvalue weighted by Crippen LogP contribution is 2.09. The Labute approximate surface area is 113 Å². The zero-order chi connectivity index (χ0) is 14.3. The van der Waals surface area contributed by atoms with Crippen molar-refractivity contribution in [3.05, 3.63) is 35.6 Å². The summed E-state index contributed by atoms with van der Waals surface area (Å²) in [5.41, 5.74) is 0.503. The van der Waals surface area contributed by atoms with Gasteiger partial charge in [-0.2, -0.15) is 0 Å². The van der Waals surface area contributed by atoms with Crippen molar-refractivity contribution in [1.29, 1.82) is 0 Å². The predicted octanol–water partition coefficient (Wildman–Crippen LogP) is 1.10. The van der Waals surface area contributed by atoms with Gasteiger partial charge in [-0.3, -0.25) is 9.69 Å². The lowest BCUT2D eigenvalue weighted by Crippen LogP contribution is -2.39. The average molecular weight is 268 g/mol. The number of benzene rings is 1. The minimum atomic E-state index is -0.301. The Bertz CT molecular complexity index is 412. The van der Waals surface area contributed by atoms with Crippen molar-refractivity contribution in [3.8, 4) is 0 Å². The van der Waals surface area contributed by atoms with Crippen LogP contribution in [0.15, 0.2) is 24.3 Å². The van der Waals surface area contributed by atoms with Gasteiger partial charge >= 0.3 is 0 Å². The molecule has 0 unspecified atom stereocenters. The maximum Gasteiger partial charge on any atom is 0.236 e. The number of rotatable bonds is 7. The van der Waals surface area contributed by atoms with Crippen molar-refractivity contribution in [2.45, 2.75) is 13.5 Å². The van der Waals surface area contributed by atoms with Gasteiger partial charge in [-0.05, 0) is 12.6 Å². The molecule has 1 aromatic carbocycles. The number of hydrogen-bond acceptors (Lipinski definition) is 3. The number of carbonyl (C=O) groups is 1. The monoisotopic (exact) mass is 268 g/mol. The minimum absolute atomic E-state index is 0.0259. The van der Waals surface area contributed by atoms with Gasteiger partial charge < -0.3 is 10.0 Å². The summed E-state index contributed by atoms with van der Waals surface area (Å²) in [6.45, 7) is 3.61. The van der Waals surface area contributed by atoms with Gasteiger partial charge in [0, 0.05) is 25.7 Å². The van der Waals surface area contributed by atoms with E-state index in [1.165, 1.54) is 11.0 Å². The second-order valence-corrected chi connectivity index (χ2v) is 4.43. The Morgan fingerprint density at radius 1 is 1.37 bits per heavy atom. The van der Waals surface area contributed by atoms with Crippen LogP contribution in [0.3, 0.4) is 0 Å². The van der Waals surface area contributed by atoms with Gasteiger partial charge in [0.15, 0.2) is 0 Å². The first-order valence-corrected chi connectivity index (χ1v) is 6.39. The first-order valence-electron chi connectivity index (χ1n) is 6.39. The SMILES string of the molecule is CCN(CCO)CC(=O)N(C)Cc1ccccc1F.